The van der Waals surface area contributed by atoms with Crippen LogP contribution >= 0.6 is 0 Å². The molecule has 1 heterocycles. The molecule has 37 heavy (non-hydrogen) atoms. The number of ketones is 1. The monoisotopic (exact) mass is 506 g/mol. The number of amides is 1. The summed E-state index contributed by atoms with van der Waals surface area (Å²) in [7, 11) is 1.52. The number of carbonyl (C=O) groups excluding carboxylic acids is 2. The molecule has 0 spiro atoms. The Balaban J connectivity index is 1.92. The fourth-order valence-electron chi connectivity index (χ4n) is 4.68. The van der Waals surface area contributed by atoms with E-state index in [9.17, 15) is 23.5 Å². The molecule has 1 aliphatic rings. The Labute approximate surface area is 214 Å². The van der Waals surface area contributed by atoms with Crippen molar-refractivity contribution < 1.29 is 28.2 Å². The third kappa shape index (κ3) is 4.67. The quantitative estimate of drug-likeness (QED) is 0.251. The highest BCUT2D eigenvalue weighted by Crippen LogP contribution is 2.43. The molecule has 3 aromatic carbocycles. The summed E-state index contributed by atoms with van der Waals surface area (Å²) in [4.78, 5) is 29.8. The number of anilines is 2. The maximum Gasteiger partial charge on any atom is 0.300 e. The van der Waals surface area contributed by atoms with Crippen LogP contribution in [-0.2, 0) is 9.59 Å². The van der Waals surface area contributed by atoms with Crippen molar-refractivity contribution in [2.24, 2.45) is 0 Å². The van der Waals surface area contributed by atoms with E-state index >= 15 is 0 Å². The Kier molecular flexibility index (Phi) is 7.29. The van der Waals surface area contributed by atoms with Gasteiger partial charge >= 0.3 is 0 Å². The molecule has 0 bridgehead atoms. The van der Waals surface area contributed by atoms with Crippen LogP contribution in [0.4, 0.5) is 20.2 Å². The molecular formula is C29H28F2N2O4. The average molecular weight is 507 g/mol. The maximum atomic E-state index is 14.2. The van der Waals surface area contributed by atoms with Gasteiger partial charge in [-0.25, -0.2) is 8.78 Å². The largest absolute Gasteiger partial charge is 0.507 e. The van der Waals surface area contributed by atoms with Crippen molar-refractivity contribution in [3.8, 4) is 5.75 Å². The molecular weight excluding hydrogens is 478 g/mol. The number of halogens is 2. The van der Waals surface area contributed by atoms with Gasteiger partial charge in [0, 0.05) is 36.1 Å². The van der Waals surface area contributed by atoms with E-state index in [-0.39, 0.29) is 17.0 Å². The van der Waals surface area contributed by atoms with Gasteiger partial charge in [0.15, 0.2) is 11.6 Å². The number of hydrogen-bond donors (Lipinski definition) is 1. The van der Waals surface area contributed by atoms with Gasteiger partial charge in [-0.2, -0.15) is 0 Å². The number of aliphatic hydroxyl groups excluding tert-OH is 1. The van der Waals surface area contributed by atoms with E-state index in [1.165, 1.54) is 13.2 Å². The topological polar surface area (TPSA) is 70.1 Å². The Bertz CT molecular complexity index is 1380. The fourth-order valence-corrected chi connectivity index (χ4v) is 4.68. The normalized spacial score (nSPS) is 16.8. The van der Waals surface area contributed by atoms with Crippen LogP contribution in [0.15, 0.2) is 66.2 Å². The van der Waals surface area contributed by atoms with Gasteiger partial charge in [0.05, 0.1) is 18.7 Å². The third-order valence-corrected chi connectivity index (χ3v) is 6.65. The lowest BCUT2D eigenvalue weighted by molar-refractivity contribution is -0.132. The Hall–Kier alpha value is -4.20. The van der Waals surface area contributed by atoms with Crippen LogP contribution in [0.25, 0.3) is 5.76 Å². The molecule has 0 aliphatic carbocycles. The molecule has 1 aliphatic heterocycles. The molecule has 1 saturated heterocycles. The number of aryl methyl sites for hydroxylation is 1. The summed E-state index contributed by atoms with van der Waals surface area (Å²) >= 11 is 0. The average Bonchev–Trinajstić information content (AvgIpc) is 3.16. The first-order valence-corrected chi connectivity index (χ1v) is 12.0. The summed E-state index contributed by atoms with van der Waals surface area (Å²) < 4.78 is 33.1. The van der Waals surface area contributed by atoms with Gasteiger partial charge in [0.1, 0.15) is 11.5 Å². The van der Waals surface area contributed by atoms with Crippen LogP contribution in [0.2, 0.25) is 0 Å². The van der Waals surface area contributed by atoms with E-state index < -0.39 is 29.4 Å². The van der Waals surface area contributed by atoms with Crippen LogP contribution in [0.3, 0.4) is 0 Å². The summed E-state index contributed by atoms with van der Waals surface area (Å²) in [6.45, 7) is 7.40. The number of rotatable bonds is 7. The zero-order valence-electron chi connectivity index (χ0n) is 21.1. The summed E-state index contributed by atoms with van der Waals surface area (Å²) in [5.41, 5.74) is 2.33. The van der Waals surface area contributed by atoms with Gasteiger partial charge in [-0.1, -0.05) is 12.1 Å². The Morgan fingerprint density at radius 3 is 2.22 bits per heavy atom. The second-order valence-electron chi connectivity index (χ2n) is 8.71. The van der Waals surface area contributed by atoms with E-state index in [4.69, 9.17) is 4.74 Å². The number of aliphatic hydroxyl groups is 1. The number of carbonyl (C=O) groups is 2. The van der Waals surface area contributed by atoms with E-state index in [2.05, 4.69) is 4.90 Å². The second kappa shape index (κ2) is 10.4. The van der Waals surface area contributed by atoms with Crippen molar-refractivity contribution in [1.29, 1.82) is 0 Å². The van der Waals surface area contributed by atoms with Gasteiger partial charge in [-0.3, -0.25) is 14.5 Å². The van der Waals surface area contributed by atoms with Crippen LogP contribution < -0.4 is 14.5 Å². The van der Waals surface area contributed by atoms with Gasteiger partial charge in [-0.15, -0.1) is 0 Å². The number of ether oxygens (including phenoxy) is 1. The first-order valence-electron chi connectivity index (χ1n) is 12.0. The van der Waals surface area contributed by atoms with E-state index in [1.807, 2.05) is 26.0 Å². The molecule has 1 unspecified atom stereocenters. The van der Waals surface area contributed by atoms with Crippen LogP contribution in [-0.4, -0.2) is 37.0 Å². The first-order chi connectivity index (χ1) is 17.7. The van der Waals surface area contributed by atoms with E-state index in [0.717, 1.165) is 35.8 Å². The highest BCUT2D eigenvalue weighted by molar-refractivity contribution is 6.51. The zero-order chi connectivity index (χ0) is 26.9. The highest BCUT2D eigenvalue weighted by Gasteiger charge is 2.47. The SMILES string of the molecule is CCN(CC)c1ccc(C2/C(=C(\O)c3ccc(OC)cc3C)C(=O)C(=O)N2c2ccc(F)c(F)c2)cc1. The predicted octanol–water partition coefficient (Wildman–Crippen LogP) is 5.75. The first kappa shape index (κ1) is 25.9. The molecule has 8 heteroatoms. The van der Waals surface area contributed by atoms with Crippen LogP contribution in [0.5, 0.6) is 5.75 Å². The van der Waals surface area contributed by atoms with Crippen LogP contribution in [0, 0.1) is 18.6 Å². The minimum absolute atomic E-state index is 0.00400. The molecule has 1 atom stereocenters. The van der Waals surface area contributed by atoms with Crippen molar-refractivity contribution in [3.63, 3.8) is 0 Å². The summed E-state index contributed by atoms with van der Waals surface area (Å²) in [5, 5.41) is 11.4. The zero-order valence-corrected chi connectivity index (χ0v) is 21.1. The fraction of sp³-hybridized carbons (Fsp3) is 0.241. The molecule has 0 saturated carbocycles. The molecule has 1 amide bonds. The molecule has 4 rings (SSSR count). The summed E-state index contributed by atoms with van der Waals surface area (Å²) in [5.74, 6) is -3.89. The number of nitrogens with zero attached hydrogens (tertiary/aromatic N) is 2. The molecule has 6 nitrogen and oxygen atoms in total. The maximum absolute atomic E-state index is 14.2. The number of hydrogen-bond acceptors (Lipinski definition) is 5. The molecule has 3 aromatic rings. The lowest BCUT2D eigenvalue weighted by Gasteiger charge is -2.27. The minimum atomic E-state index is -1.15. The molecule has 1 fully saturated rings. The van der Waals surface area contributed by atoms with Crippen molar-refractivity contribution in [1.82, 2.24) is 0 Å². The minimum Gasteiger partial charge on any atom is -0.507 e. The van der Waals surface area contributed by atoms with E-state index in [0.29, 0.717) is 22.4 Å². The van der Waals surface area contributed by atoms with Gasteiger partial charge in [-0.05, 0) is 74.4 Å². The number of methoxy groups -OCH3 is 1. The lowest BCUT2D eigenvalue weighted by atomic mass is 9.93. The van der Waals surface area contributed by atoms with Gasteiger partial charge in [0.2, 0.25) is 0 Å². The van der Waals surface area contributed by atoms with E-state index in [1.54, 1.807) is 37.3 Å². The Morgan fingerprint density at radius 1 is 0.973 bits per heavy atom. The van der Waals surface area contributed by atoms with Crippen LogP contribution in [0.1, 0.15) is 36.6 Å². The Morgan fingerprint density at radius 2 is 1.65 bits per heavy atom. The molecule has 0 aromatic heterocycles. The third-order valence-electron chi connectivity index (χ3n) is 6.65. The lowest BCUT2D eigenvalue weighted by Crippen LogP contribution is -2.29. The van der Waals surface area contributed by atoms with Gasteiger partial charge in [0.25, 0.3) is 11.7 Å². The molecule has 0 radical (unpaired) electrons. The van der Waals surface area contributed by atoms with Crippen molar-refractivity contribution in [2.45, 2.75) is 26.8 Å². The van der Waals surface area contributed by atoms with Crippen molar-refractivity contribution >= 4 is 28.8 Å². The van der Waals surface area contributed by atoms with Crippen molar-refractivity contribution in [2.75, 3.05) is 30.0 Å². The molecule has 1 N–H and O–H groups in total. The summed E-state index contributed by atoms with van der Waals surface area (Å²) in [6, 6.07) is 14.2. The summed E-state index contributed by atoms with van der Waals surface area (Å²) in [6.07, 6.45) is 0. The predicted molar refractivity (Wildman–Crippen MR) is 139 cm³/mol. The highest BCUT2D eigenvalue weighted by atomic mass is 19.2. The standard InChI is InChI=1S/C29H28F2N2O4/c1-5-32(6-2)19-9-7-18(8-10-19)26-25(27(34)22-13-12-21(37-4)15-17(22)3)28(35)29(36)33(26)20-11-14-23(30)24(31)16-20/h7-16,26,34H,5-6H2,1-4H3/b27-25+. The van der Waals surface area contributed by atoms with Crippen molar-refractivity contribution in [3.05, 3.63) is 94.6 Å². The smallest absolute Gasteiger partial charge is 0.300 e. The van der Waals surface area contributed by atoms with Gasteiger partial charge < -0.3 is 14.7 Å². The molecule has 192 valence electrons. The second-order valence-corrected chi connectivity index (χ2v) is 8.71. The number of Topliss-reactive ketones (excluding diaryl/α,β-unsaturated/α-hetero) is 1. The number of benzene rings is 3.